The van der Waals surface area contributed by atoms with Gasteiger partial charge in [0.25, 0.3) is 0 Å². The second kappa shape index (κ2) is 33.0. The molecule has 25 heteroatoms. The minimum absolute atomic E-state index is 0.00250. The van der Waals surface area contributed by atoms with Crippen molar-refractivity contribution in [2.24, 2.45) is 23.1 Å². The molecule has 3 unspecified atom stereocenters. The minimum Gasteiger partial charge on any atom is -0.508 e. The zero-order chi connectivity index (χ0) is 58.2. The van der Waals surface area contributed by atoms with E-state index in [0.717, 1.165) is 38.1 Å². The highest BCUT2D eigenvalue weighted by atomic mass is 35.5. The number of amides is 8. The Balaban J connectivity index is 0.00000130. The third-order valence-electron chi connectivity index (χ3n) is 12.2. The van der Waals surface area contributed by atoms with E-state index < -0.39 is 108 Å². The van der Waals surface area contributed by atoms with Gasteiger partial charge in [-0.25, -0.2) is 0 Å². The number of rotatable bonds is 15. The molecule has 1 aliphatic rings. The second-order valence-electron chi connectivity index (χ2n) is 18.7. The topological polar surface area (TPSA) is 381 Å². The molecule has 4 aromatic rings. The van der Waals surface area contributed by atoms with Gasteiger partial charge in [-0.15, -0.1) is 0 Å². The monoisotopic (exact) mass is 1140 g/mol. The maximum Gasteiger partial charge on any atom is 0.244 e. The van der Waals surface area contributed by atoms with Crippen LogP contribution in [0.25, 0.3) is 10.9 Å². The summed E-state index contributed by atoms with van der Waals surface area (Å²) in [5.41, 5.74) is 26.5. The van der Waals surface area contributed by atoms with Gasteiger partial charge in [0.05, 0.1) is 23.4 Å². The first-order valence-electron chi connectivity index (χ1n) is 25.6. The molecule has 1 fully saturated rings. The van der Waals surface area contributed by atoms with E-state index in [1.54, 1.807) is 45.2 Å². The third kappa shape index (κ3) is 20.7. The first kappa shape index (κ1) is 65.7. The molecule has 3 aromatic carbocycles. The lowest BCUT2D eigenvalue weighted by atomic mass is 9.99. The van der Waals surface area contributed by atoms with Crippen molar-refractivity contribution in [3.63, 3.8) is 0 Å². The van der Waals surface area contributed by atoms with Crippen molar-refractivity contribution in [2.45, 2.75) is 129 Å². The first-order valence-corrected chi connectivity index (χ1v) is 28.5. The van der Waals surface area contributed by atoms with Crippen LogP contribution in [0.5, 0.6) is 5.75 Å². The number of hydrogen-bond donors (Lipinski definition) is 14. The largest absolute Gasteiger partial charge is 0.508 e. The highest BCUT2D eigenvalue weighted by molar-refractivity contribution is 8.76. The Labute approximate surface area is 468 Å². The molecule has 0 radical (unpaired) electrons. The Morgan fingerprint density at radius 1 is 0.782 bits per heavy atom. The fourth-order valence-corrected chi connectivity index (χ4v) is 10.4. The summed E-state index contributed by atoms with van der Waals surface area (Å²) < 4.78 is 0. The van der Waals surface area contributed by atoms with Crippen LogP contribution in [-0.2, 0) is 51.2 Å². The Morgan fingerprint density at radius 3 is 2.01 bits per heavy atom. The maximum atomic E-state index is 14.6. The molecule has 78 heavy (non-hydrogen) atoms. The number of phenols is 1. The van der Waals surface area contributed by atoms with Crippen LogP contribution in [0, 0.1) is 19.8 Å². The van der Waals surface area contributed by atoms with Crippen molar-refractivity contribution in [1.82, 2.24) is 42.2 Å². The number of aliphatic hydroxyl groups is 1. The Hall–Kier alpha value is -6.57. The number of halogens is 1. The minimum atomic E-state index is -1.53. The zero-order valence-electron chi connectivity index (χ0n) is 45.1. The molecule has 22 nitrogen and oxygen atoms in total. The summed E-state index contributed by atoms with van der Waals surface area (Å²) >= 11 is 5.69. The normalized spacial score (nSPS) is 20.6. The maximum absolute atomic E-state index is 14.6. The highest BCUT2D eigenvalue weighted by Crippen LogP contribution is 2.25. The van der Waals surface area contributed by atoms with Crippen LogP contribution < -0.4 is 60.2 Å². The van der Waals surface area contributed by atoms with Crippen molar-refractivity contribution in [2.75, 3.05) is 30.3 Å². The van der Waals surface area contributed by atoms with Crippen LogP contribution in [0.2, 0.25) is 5.02 Å². The summed E-state index contributed by atoms with van der Waals surface area (Å²) in [5, 5.41) is 40.4. The number of hydrogen-bond acceptors (Lipinski definition) is 15. The van der Waals surface area contributed by atoms with Gasteiger partial charge in [0.15, 0.2) is 0 Å². The Morgan fingerprint density at radius 2 is 1.41 bits per heavy atom. The summed E-state index contributed by atoms with van der Waals surface area (Å²) in [5.74, 6) is -7.47. The van der Waals surface area contributed by atoms with E-state index in [1.165, 1.54) is 13.0 Å². The molecule has 428 valence electrons. The number of anilines is 1. The molecule has 5 rings (SSSR count). The number of aromatic nitrogens is 1. The number of aromatic hydroxyl groups is 1. The number of aromatic amines is 1. The number of carbonyl (C=O) groups is 8. The fraction of sp³-hybridized carbons (Fsp3) is 0.472. The first-order chi connectivity index (χ1) is 37.0. The van der Waals surface area contributed by atoms with Gasteiger partial charge < -0.3 is 75.3 Å². The van der Waals surface area contributed by atoms with Crippen LogP contribution in [0.1, 0.15) is 76.1 Å². The van der Waals surface area contributed by atoms with E-state index in [-0.39, 0.29) is 43.1 Å². The number of primary amides is 1. The Kier molecular flexibility index (Phi) is 27.8. The van der Waals surface area contributed by atoms with Crippen molar-refractivity contribution in [3.05, 3.63) is 94.1 Å². The van der Waals surface area contributed by atoms with Crippen molar-refractivity contribution in [3.8, 4) is 5.75 Å². The number of H-pyrrole nitrogens is 1. The number of nitrogens with one attached hydrogen (secondary N) is 8. The zero-order valence-corrected chi connectivity index (χ0v) is 47.5. The SMILES string of the molecule is CC.Cc1cc(C[C@@H]2NC(=O)[C@H](NC(=O)CN)CSSC[C@H](C(=O)NC(C(N)=O)C(C)O)NC(=O)C(C(C)C)NC(=O)[C@H](CCCCN)NC(=O)[C@@H](Cc3c[nH]c4ccccc34)NC2=O)ccc1O.Cc1ccc(N)c(Cl)c1. The predicted octanol–water partition coefficient (Wildman–Crippen LogP) is 1.62. The molecule has 0 bridgehead atoms. The van der Waals surface area contributed by atoms with Crippen molar-refractivity contribution < 1.29 is 48.6 Å². The predicted molar refractivity (Wildman–Crippen MR) is 307 cm³/mol. The third-order valence-corrected chi connectivity index (χ3v) is 14.9. The quantitative estimate of drug-likeness (QED) is 0.0457. The van der Waals surface area contributed by atoms with Crippen LogP contribution >= 0.6 is 33.2 Å². The number of benzene rings is 3. The fourth-order valence-electron chi connectivity index (χ4n) is 7.81. The van der Waals surface area contributed by atoms with Gasteiger partial charge in [-0.05, 0) is 99.0 Å². The number of nitrogen functional groups attached to an aromatic ring is 1. The average Bonchev–Trinajstić information content (AvgIpc) is 3.82. The summed E-state index contributed by atoms with van der Waals surface area (Å²) in [6.45, 7) is 12.0. The van der Waals surface area contributed by atoms with E-state index in [9.17, 15) is 48.6 Å². The summed E-state index contributed by atoms with van der Waals surface area (Å²) in [4.78, 5) is 113. The molecule has 8 amide bonds. The molecular formula is C53H77ClN12O10S2. The van der Waals surface area contributed by atoms with Crippen LogP contribution in [-0.4, -0.2) is 135 Å². The summed E-state index contributed by atoms with van der Waals surface area (Å²) in [6, 6.07) is 8.05. The van der Waals surface area contributed by atoms with Gasteiger partial charge in [0.2, 0.25) is 47.3 Å². The van der Waals surface area contributed by atoms with Crippen LogP contribution in [0.4, 0.5) is 5.69 Å². The lowest BCUT2D eigenvalue weighted by Crippen LogP contribution is -2.62. The number of unbranched alkanes of at least 4 members (excludes halogenated alkanes) is 1. The van der Waals surface area contributed by atoms with Gasteiger partial charge in [0, 0.05) is 41.4 Å². The molecule has 0 aliphatic carbocycles. The number of para-hydroxylation sites is 1. The molecule has 0 saturated carbocycles. The van der Waals surface area contributed by atoms with E-state index in [0.29, 0.717) is 40.2 Å². The van der Waals surface area contributed by atoms with Crippen LogP contribution in [0.15, 0.2) is 66.9 Å². The molecule has 1 aromatic heterocycles. The van der Waals surface area contributed by atoms with Crippen LogP contribution in [0.3, 0.4) is 0 Å². The number of carbonyl (C=O) groups excluding carboxylic acids is 8. The lowest BCUT2D eigenvalue weighted by molar-refractivity contribution is -0.136. The number of aryl methyl sites for hydroxylation is 2. The molecule has 1 saturated heterocycles. The number of nitrogens with two attached hydrogens (primary N) is 4. The lowest BCUT2D eigenvalue weighted by Gasteiger charge is -2.29. The number of phenolic OH excluding ortho intramolecular Hbond substituents is 1. The van der Waals surface area contributed by atoms with E-state index in [1.807, 2.05) is 57.2 Å². The highest BCUT2D eigenvalue weighted by Gasteiger charge is 2.36. The van der Waals surface area contributed by atoms with Gasteiger partial charge in [-0.2, -0.15) is 0 Å². The van der Waals surface area contributed by atoms with Crippen molar-refractivity contribution >= 4 is 97.0 Å². The molecule has 1 aliphatic heterocycles. The summed E-state index contributed by atoms with van der Waals surface area (Å²) in [6.07, 6.45) is 1.04. The number of aliphatic hydroxyl groups excluding tert-OH is 1. The van der Waals surface area contributed by atoms with Gasteiger partial charge in [-0.1, -0.05) is 97.3 Å². The molecule has 8 atom stereocenters. The molecule has 18 N–H and O–H groups in total. The average molecular weight is 1140 g/mol. The second-order valence-corrected chi connectivity index (χ2v) is 21.7. The van der Waals surface area contributed by atoms with E-state index in [4.69, 9.17) is 34.5 Å². The van der Waals surface area contributed by atoms with E-state index >= 15 is 0 Å². The standard InChI is InChI=1S/C44H63N11O10S2.C7H8ClN.C2H6/c1-22(2)36-44(65)53-33(43(64)55-37(24(4)56)38(47)59)21-67-66-20-32(49-35(58)18-46)42(63)51-30(16-25-12-13-34(57)23(3)15-25)40(61)52-31(17-26-19-48-28-10-6-5-9-27(26)28)41(62)50-29(39(60)54-36)11-7-8-14-45;1-5-2-3-7(9)6(8)4-5;1-2/h5-6,9-10,12-13,15,19,22,24,29-33,36-37,48,56-57H,7-8,11,14,16-18,20-21,45-46H2,1-4H3,(H2,47,59)(H,49,58)(H,50,62)(H,51,63)(H,52,61)(H,53,65)(H,54,60)(H,55,64);2-4H,9H2,1H3;1-2H3/t24?,29-,30-,31+,32+,33+,36?,37?;;/m0../s1. The Bertz CT molecular complexity index is 2680. The van der Waals surface area contributed by atoms with Gasteiger partial charge >= 0.3 is 0 Å². The van der Waals surface area contributed by atoms with Crippen molar-refractivity contribution in [1.29, 1.82) is 0 Å². The van der Waals surface area contributed by atoms with Gasteiger partial charge in [0.1, 0.15) is 48.0 Å². The summed E-state index contributed by atoms with van der Waals surface area (Å²) in [7, 11) is 2.02. The smallest absolute Gasteiger partial charge is 0.244 e. The number of fused-ring (bicyclic) bond motifs is 1. The van der Waals surface area contributed by atoms with E-state index in [2.05, 4.69) is 42.2 Å². The van der Waals surface area contributed by atoms with Gasteiger partial charge in [-0.3, -0.25) is 38.4 Å². The molecular weight excluding hydrogens is 1060 g/mol. The molecule has 0 spiro atoms. The molecule has 2 heterocycles.